The highest BCUT2D eigenvalue weighted by atomic mass is 35.5. The second kappa shape index (κ2) is 5.97. The summed E-state index contributed by atoms with van der Waals surface area (Å²) in [5, 5.41) is 10.0. The van der Waals surface area contributed by atoms with E-state index in [1.165, 1.54) is 9.91 Å². The SMILES string of the molecule is CCc1ccc(N2C(=O)[C@@H]3N=NN(c4cccc(Cl)c4)[C@H]3C2=O)cc1. The van der Waals surface area contributed by atoms with Gasteiger partial charge in [0.2, 0.25) is 0 Å². The molecule has 2 aliphatic heterocycles. The molecule has 1 saturated heterocycles. The molecule has 0 saturated carbocycles. The van der Waals surface area contributed by atoms with Gasteiger partial charge in [-0.05, 0) is 42.3 Å². The molecule has 2 heterocycles. The minimum atomic E-state index is -0.822. The number of anilines is 2. The zero-order chi connectivity index (χ0) is 17.6. The fourth-order valence-electron chi connectivity index (χ4n) is 3.13. The second-order valence-electron chi connectivity index (χ2n) is 5.95. The number of rotatable bonds is 3. The molecule has 2 atom stereocenters. The van der Waals surface area contributed by atoms with Gasteiger partial charge in [-0.15, -0.1) is 0 Å². The fourth-order valence-corrected chi connectivity index (χ4v) is 3.31. The highest BCUT2D eigenvalue weighted by molar-refractivity contribution is 6.31. The maximum absolute atomic E-state index is 12.9. The Labute approximate surface area is 149 Å². The lowest BCUT2D eigenvalue weighted by molar-refractivity contribution is -0.121. The number of imide groups is 1. The third kappa shape index (κ3) is 2.49. The molecular weight excluding hydrogens is 340 g/mol. The van der Waals surface area contributed by atoms with Crippen LogP contribution in [0.4, 0.5) is 11.4 Å². The van der Waals surface area contributed by atoms with E-state index < -0.39 is 12.1 Å². The van der Waals surface area contributed by atoms with Crippen molar-refractivity contribution in [3.05, 3.63) is 59.1 Å². The van der Waals surface area contributed by atoms with E-state index in [1.807, 2.05) is 12.1 Å². The van der Waals surface area contributed by atoms with E-state index in [4.69, 9.17) is 11.6 Å². The molecule has 0 unspecified atom stereocenters. The average molecular weight is 355 g/mol. The van der Waals surface area contributed by atoms with Crippen LogP contribution in [-0.2, 0) is 16.0 Å². The topological polar surface area (TPSA) is 65.3 Å². The molecular formula is C18H15ClN4O2. The van der Waals surface area contributed by atoms with Crippen molar-refractivity contribution in [2.24, 2.45) is 10.3 Å². The van der Waals surface area contributed by atoms with Gasteiger partial charge in [0.25, 0.3) is 11.8 Å². The molecule has 4 rings (SSSR count). The summed E-state index contributed by atoms with van der Waals surface area (Å²) in [4.78, 5) is 26.8. The molecule has 126 valence electrons. The Kier molecular flexibility index (Phi) is 3.77. The lowest BCUT2D eigenvalue weighted by atomic mass is 10.1. The van der Waals surface area contributed by atoms with Crippen LogP contribution in [0.25, 0.3) is 0 Å². The van der Waals surface area contributed by atoms with E-state index in [9.17, 15) is 9.59 Å². The molecule has 2 aliphatic rings. The standard InChI is InChI=1S/C18H15ClN4O2/c1-2-11-6-8-13(9-7-11)22-17(24)15-16(18(22)25)23(21-20-15)14-5-3-4-12(19)10-14/h3-10,15-16H,2H2,1H3/t15-,16-/m1/s1. The summed E-state index contributed by atoms with van der Waals surface area (Å²) in [5.74, 6) is -0.684. The Morgan fingerprint density at radius 2 is 1.80 bits per heavy atom. The van der Waals surface area contributed by atoms with Gasteiger partial charge in [0.05, 0.1) is 11.4 Å². The van der Waals surface area contributed by atoms with E-state index >= 15 is 0 Å². The highest BCUT2D eigenvalue weighted by Gasteiger charge is 2.55. The van der Waals surface area contributed by atoms with Crippen LogP contribution in [-0.4, -0.2) is 23.9 Å². The predicted octanol–water partition coefficient (Wildman–Crippen LogP) is 3.40. The first-order valence-corrected chi connectivity index (χ1v) is 8.40. The number of fused-ring (bicyclic) bond motifs is 1. The van der Waals surface area contributed by atoms with Crippen LogP contribution in [0.3, 0.4) is 0 Å². The summed E-state index contributed by atoms with van der Waals surface area (Å²) in [6.07, 6.45) is 0.893. The van der Waals surface area contributed by atoms with Crippen LogP contribution in [0.2, 0.25) is 5.02 Å². The van der Waals surface area contributed by atoms with Crippen molar-refractivity contribution in [3.8, 4) is 0 Å². The molecule has 2 amide bonds. The Morgan fingerprint density at radius 1 is 1.04 bits per heavy atom. The Hall–Kier alpha value is -2.73. The number of amides is 2. The zero-order valence-corrected chi connectivity index (χ0v) is 14.2. The molecule has 2 aromatic carbocycles. The molecule has 7 heteroatoms. The Balaban J connectivity index is 1.68. The van der Waals surface area contributed by atoms with Crippen LogP contribution in [0.5, 0.6) is 0 Å². The number of halogens is 1. The van der Waals surface area contributed by atoms with Crippen molar-refractivity contribution in [2.75, 3.05) is 9.91 Å². The predicted molar refractivity (Wildman–Crippen MR) is 94.7 cm³/mol. The summed E-state index contributed by atoms with van der Waals surface area (Å²) >= 11 is 6.02. The molecule has 1 fully saturated rings. The fraction of sp³-hybridized carbons (Fsp3) is 0.222. The van der Waals surface area contributed by atoms with Gasteiger partial charge in [-0.25, -0.2) is 9.91 Å². The number of nitrogens with zero attached hydrogens (tertiary/aromatic N) is 4. The first kappa shape index (κ1) is 15.8. The molecule has 0 bridgehead atoms. The van der Waals surface area contributed by atoms with Crippen LogP contribution in [0, 0.1) is 0 Å². The summed E-state index contributed by atoms with van der Waals surface area (Å²) in [5.41, 5.74) is 2.33. The van der Waals surface area contributed by atoms with Gasteiger partial charge in [0, 0.05) is 5.02 Å². The normalized spacial score (nSPS) is 22.0. The van der Waals surface area contributed by atoms with Gasteiger partial charge in [-0.1, -0.05) is 41.9 Å². The van der Waals surface area contributed by atoms with Crippen LogP contribution < -0.4 is 9.91 Å². The van der Waals surface area contributed by atoms with Crippen molar-refractivity contribution >= 4 is 34.8 Å². The highest BCUT2D eigenvalue weighted by Crippen LogP contribution is 2.35. The third-order valence-electron chi connectivity index (χ3n) is 4.46. The van der Waals surface area contributed by atoms with E-state index in [0.717, 1.165) is 12.0 Å². The molecule has 0 radical (unpaired) electrons. The third-order valence-corrected chi connectivity index (χ3v) is 4.69. The number of carbonyl (C=O) groups is 2. The van der Waals surface area contributed by atoms with Gasteiger partial charge >= 0.3 is 0 Å². The van der Waals surface area contributed by atoms with Crippen molar-refractivity contribution in [3.63, 3.8) is 0 Å². The van der Waals surface area contributed by atoms with E-state index in [1.54, 1.807) is 36.4 Å². The monoisotopic (exact) mass is 354 g/mol. The maximum atomic E-state index is 12.9. The number of benzene rings is 2. The summed E-state index contributed by atoms with van der Waals surface area (Å²) < 4.78 is 0. The first-order valence-electron chi connectivity index (χ1n) is 8.02. The summed E-state index contributed by atoms with van der Waals surface area (Å²) in [6, 6.07) is 12.8. The molecule has 25 heavy (non-hydrogen) atoms. The number of hydrogen-bond donors (Lipinski definition) is 0. The second-order valence-corrected chi connectivity index (χ2v) is 6.39. The number of hydrogen-bond acceptors (Lipinski definition) is 5. The first-order chi connectivity index (χ1) is 12.1. The van der Waals surface area contributed by atoms with Crippen molar-refractivity contribution in [1.82, 2.24) is 0 Å². The lowest BCUT2D eigenvalue weighted by Crippen LogP contribution is -2.39. The van der Waals surface area contributed by atoms with Gasteiger partial charge in [0.1, 0.15) is 0 Å². The van der Waals surface area contributed by atoms with Gasteiger partial charge in [-0.3, -0.25) is 9.59 Å². The Morgan fingerprint density at radius 3 is 2.48 bits per heavy atom. The lowest BCUT2D eigenvalue weighted by Gasteiger charge is -2.20. The molecule has 0 aliphatic carbocycles. The Bertz CT molecular complexity index is 881. The number of carbonyl (C=O) groups excluding carboxylic acids is 2. The summed E-state index contributed by atoms with van der Waals surface area (Å²) in [6.45, 7) is 2.05. The van der Waals surface area contributed by atoms with Gasteiger partial charge in [-0.2, -0.15) is 5.11 Å². The van der Waals surface area contributed by atoms with Crippen LogP contribution in [0.15, 0.2) is 58.9 Å². The van der Waals surface area contributed by atoms with Gasteiger partial charge < -0.3 is 0 Å². The quantitative estimate of drug-likeness (QED) is 0.793. The molecule has 0 spiro atoms. The van der Waals surface area contributed by atoms with Crippen molar-refractivity contribution in [2.45, 2.75) is 25.4 Å². The maximum Gasteiger partial charge on any atom is 0.263 e. The summed E-state index contributed by atoms with van der Waals surface area (Å²) in [7, 11) is 0. The van der Waals surface area contributed by atoms with E-state index in [0.29, 0.717) is 16.4 Å². The smallest absolute Gasteiger partial charge is 0.263 e. The van der Waals surface area contributed by atoms with E-state index in [2.05, 4.69) is 17.3 Å². The van der Waals surface area contributed by atoms with Crippen molar-refractivity contribution in [1.29, 1.82) is 0 Å². The molecule has 0 N–H and O–H groups in total. The molecule has 6 nitrogen and oxygen atoms in total. The minimum Gasteiger partial charge on any atom is -0.271 e. The molecule has 0 aromatic heterocycles. The molecule has 2 aromatic rings. The van der Waals surface area contributed by atoms with Crippen molar-refractivity contribution < 1.29 is 9.59 Å². The minimum absolute atomic E-state index is 0.329. The van der Waals surface area contributed by atoms with Crippen LogP contribution in [0.1, 0.15) is 12.5 Å². The number of aryl methyl sites for hydroxylation is 1. The largest absolute Gasteiger partial charge is 0.271 e. The zero-order valence-electron chi connectivity index (χ0n) is 13.5. The van der Waals surface area contributed by atoms with E-state index in [-0.39, 0.29) is 11.8 Å². The average Bonchev–Trinajstić information content (AvgIpc) is 3.16. The van der Waals surface area contributed by atoms with Gasteiger partial charge in [0.15, 0.2) is 12.1 Å². The van der Waals surface area contributed by atoms with Crippen LogP contribution >= 0.6 is 11.6 Å².